The molecule has 0 bridgehead atoms. The minimum Gasteiger partial charge on any atom is -0.497 e. The summed E-state index contributed by atoms with van der Waals surface area (Å²) in [5, 5.41) is 7.65. The Labute approximate surface area is 208 Å². The molecule has 3 amide bonds. The molecule has 2 aromatic carbocycles. The van der Waals surface area contributed by atoms with Gasteiger partial charge >= 0.3 is 0 Å². The summed E-state index contributed by atoms with van der Waals surface area (Å²) in [6.45, 7) is 0.807. The van der Waals surface area contributed by atoms with Crippen molar-refractivity contribution in [3.8, 4) is 5.75 Å². The monoisotopic (exact) mass is 496 g/mol. The number of thiazole rings is 1. The normalized spacial score (nSPS) is 10.5. The maximum absolute atomic E-state index is 12.9. The van der Waals surface area contributed by atoms with Crippen LogP contribution in [0.5, 0.6) is 5.75 Å². The van der Waals surface area contributed by atoms with Gasteiger partial charge in [-0.15, -0.1) is 11.3 Å². The highest BCUT2D eigenvalue weighted by Gasteiger charge is 2.20. The summed E-state index contributed by atoms with van der Waals surface area (Å²) in [7, 11) is 3.08. The van der Waals surface area contributed by atoms with Gasteiger partial charge in [0.15, 0.2) is 5.13 Å². The van der Waals surface area contributed by atoms with Crippen molar-refractivity contribution in [3.05, 3.63) is 76.8 Å². The average Bonchev–Trinajstić information content (AvgIpc) is 3.31. The highest BCUT2D eigenvalue weighted by molar-refractivity contribution is 7.13. The van der Waals surface area contributed by atoms with E-state index >= 15 is 0 Å². The second kappa shape index (κ2) is 13.2. The van der Waals surface area contributed by atoms with Gasteiger partial charge in [0, 0.05) is 31.1 Å². The summed E-state index contributed by atoms with van der Waals surface area (Å²) in [5.74, 6) is -0.212. The number of carbonyl (C=O) groups excluding carboxylic acids is 3. The smallest absolute Gasteiger partial charge is 0.254 e. The number of aromatic nitrogens is 1. The van der Waals surface area contributed by atoms with Gasteiger partial charge in [-0.3, -0.25) is 14.4 Å². The molecule has 0 atom stereocenters. The number of methoxy groups -OCH3 is 2. The van der Waals surface area contributed by atoms with Gasteiger partial charge in [-0.1, -0.05) is 30.3 Å². The number of ether oxygens (including phenoxy) is 2. The molecule has 0 radical (unpaired) electrons. The summed E-state index contributed by atoms with van der Waals surface area (Å²) < 4.78 is 10.2. The Morgan fingerprint density at radius 1 is 1.00 bits per heavy atom. The third-order valence-corrected chi connectivity index (χ3v) is 5.80. The summed E-state index contributed by atoms with van der Waals surface area (Å²) in [4.78, 5) is 43.5. The molecule has 0 unspecified atom stereocenters. The van der Waals surface area contributed by atoms with Crippen molar-refractivity contribution in [1.82, 2.24) is 15.2 Å². The molecule has 2 N–H and O–H groups in total. The fraction of sp³-hybridized carbons (Fsp3) is 0.280. The fourth-order valence-corrected chi connectivity index (χ4v) is 3.90. The number of hydrogen-bond acceptors (Lipinski definition) is 7. The Morgan fingerprint density at radius 3 is 2.43 bits per heavy atom. The minimum atomic E-state index is -0.391. The molecule has 35 heavy (non-hydrogen) atoms. The summed E-state index contributed by atoms with van der Waals surface area (Å²) in [6, 6.07) is 16.3. The van der Waals surface area contributed by atoms with Crippen molar-refractivity contribution < 1.29 is 23.9 Å². The van der Waals surface area contributed by atoms with Gasteiger partial charge in [-0.25, -0.2) is 4.98 Å². The highest BCUT2D eigenvalue weighted by Crippen LogP contribution is 2.17. The molecular weight excluding hydrogens is 468 g/mol. The second-order valence-corrected chi connectivity index (χ2v) is 8.44. The number of amides is 3. The molecule has 1 aromatic heterocycles. The van der Waals surface area contributed by atoms with E-state index < -0.39 is 5.91 Å². The van der Waals surface area contributed by atoms with E-state index in [1.807, 2.05) is 30.3 Å². The van der Waals surface area contributed by atoms with E-state index in [0.717, 1.165) is 5.56 Å². The maximum atomic E-state index is 12.9. The third-order valence-electron chi connectivity index (χ3n) is 5.00. The standard InChI is InChI=1S/C25H28N4O5S/c1-33-13-12-29(24(32)19-8-10-21(34-2)11-9-19)16-23(31)28-25-27-20(17-35-25)14-22(30)26-15-18-6-4-3-5-7-18/h3-11,17H,12-16H2,1-2H3,(H,26,30)(H,27,28,31). The van der Waals surface area contributed by atoms with Crippen LogP contribution in [0.2, 0.25) is 0 Å². The van der Waals surface area contributed by atoms with Crippen LogP contribution in [0.25, 0.3) is 0 Å². The van der Waals surface area contributed by atoms with Gasteiger partial charge in [0.05, 0.1) is 25.8 Å². The predicted octanol–water partition coefficient (Wildman–Crippen LogP) is 2.74. The van der Waals surface area contributed by atoms with Crippen LogP contribution in [-0.2, 0) is 27.3 Å². The average molecular weight is 497 g/mol. The first-order valence-corrected chi connectivity index (χ1v) is 11.8. The third kappa shape index (κ3) is 8.20. The van der Waals surface area contributed by atoms with Crippen molar-refractivity contribution in [2.75, 3.05) is 39.2 Å². The molecule has 0 spiro atoms. The van der Waals surface area contributed by atoms with E-state index in [1.54, 1.807) is 36.8 Å². The zero-order chi connectivity index (χ0) is 25.0. The van der Waals surface area contributed by atoms with Gasteiger partial charge in [-0.05, 0) is 29.8 Å². The zero-order valence-corrected chi connectivity index (χ0v) is 20.5. The lowest BCUT2D eigenvalue weighted by Crippen LogP contribution is -2.40. The molecule has 0 aliphatic rings. The first-order valence-electron chi connectivity index (χ1n) is 11.0. The fourth-order valence-electron chi connectivity index (χ4n) is 3.17. The highest BCUT2D eigenvalue weighted by atomic mass is 32.1. The van der Waals surface area contributed by atoms with Gasteiger partial charge in [0.2, 0.25) is 11.8 Å². The molecule has 0 fully saturated rings. The summed E-state index contributed by atoms with van der Waals surface area (Å²) in [5.41, 5.74) is 2.00. The molecule has 0 saturated heterocycles. The Bertz CT molecular complexity index is 1120. The van der Waals surface area contributed by atoms with Gasteiger partial charge < -0.3 is 25.0 Å². The van der Waals surface area contributed by atoms with E-state index in [4.69, 9.17) is 9.47 Å². The number of nitrogens with one attached hydrogen (secondary N) is 2. The van der Waals surface area contributed by atoms with Crippen molar-refractivity contribution in [1.29, 1.82) is 0 Å². The van der Waals surface area contributed by atoms with E-state index in [9.17, 15) is 14.4 Å². The number of hydrogen-bond donors (Lipinski definition) is 2. The molecule has 0 saturated carbocycles. The minimum absolute atomic E-state index is 0.106. The van der Waals surface area contributed by atoms with Gasteiger partial charge in [0.25, 0.3) is 5.91 Å². The summed E-state index contributed by atoms with van der Waals surface area (Å²) >= 11 is 1.22. The van der Waals surface area contributed by atoms with Gasteiger partial charge in [0.1, 0.15) is 12.3 Å². The van der Waals surface area contributed by atoms with Crippen LogP contribution >= 0.6 is 11.3 Å². The molecule has 0 aliphatic heterocycles. The van der Waals surface area contributed by atoms with E-state index in [0.29, 0.717) is 28.7 Å². The van der Waals surface area contributed by atoms with Crippen molar-refractivity contribution in [3.63, 3.8) is 0 Å². The molecule has 3 rings (SSSR count). The molecular formula is C25H28N4O5S. The van der Waals surface area contributed by atoms with Crippen LogP contribution in [-0.4, -0.2) is 61.5 Å². The van der Waals surface area contributed by atoms with E-state index in [2.05, 4.69) is 15.6 Å². The molecule has 3 aromatic rings. The summed E-state index contributed by atoms with van der Waals surface area (Å²) in [6.07, 6.45) is 0.106. The number of benzene rings is 2. The molecule has 184 valence electrons. The predicted molar refractivity (Wildman–Crippen MR) is 134 cm³/mol. The maximum Gasteiger partial charge on any atom is 0.254 e. The van der Waals surface area contributed by atoms with Crippen LogP contribution < -0.4 is 15.4 Å². The SMILES string of the molecule is COCCN(CC(=O)Nc1nc(CC(=O)NCc2ccccc2)cs1)C(=O)c1ccc(OC)cc1. The van der Waals surface area contributed by atoms with Gasteiger partial charge in [-0.2, -0.15) is 0 Å². The van der Waals surface area contributed by atoms with Crippen molar-refractivity contribution >= 4 is 34.2 Å². The second-order valence-electron chi connectivity index (χ2n) is 7.58. The Balaban J connectivity index is 1.53. The van der Waals surface area contributed by atoms with Crippen molar-refractivity contribution in [2.24, 2.45) is 0 Å². The lowest BCUT2D eigenvalue weighted by Gasteiger charge is -2.21. The Morgan fingerprint density at radius 2 is 1.74 bits per heavy atom. The van der Waals surface area contributed by atoms with Crippen LogP contribution in [0.1, 0.15) is 21.6 Å². The van der Waals surface area contributed by atoms with Crippen LogP contribution in [0.15, 0.2) is 60.0 Å². The molecule has 10 heteroatoms. The largest absolute Gasteiger partial charge is 0.497 e. The number of rotatable bonds is 12. The van der Waals surface area contributed by atoms with Crippen molar-refractivity contribution in [2.45, 2.75) is 13.0 Å². The number of nitrogens with zero attached hydrogens (tertiary/aromatic N) is 2. The molecule has 1 heterocycles. The van der Waals surface area contributed by atoms with Crippen LogP contribution in [0.3, 0.4) is 0 Å². The number of anilines is 1. The lowest BCUT2D eigenvalue weighted by molar-refractivity contribution is -0.120. The zero-order valence-electron chi connectivity index (χ0n) is 19.7. The van der Waals surface area contributed by atoms with E-state index in [-0.39, 0.29) is 37.9 Å². The Hall–Kier alpha value is -3.76. The first kappa shape index (κ1) is 25.9. The Kier molecular flexibility index (Phi) is 9.76. The van der Waals surface area contributed by atoms with Crippen LogP contribution in [0, 0.1) is 0 Å². The van der Waals surface area contributed by atoms with E-state index in [1.165, 1.54) is 23.3 Å². The molecule has 0 aliphatic carbocycles. The molecule has 9 nitrogen and oxygen atoms in total. The first-order chi connectivity index (χ1) is 17.0. The lowest BCUT2D eigenvalue weighted by atomic mass is 10.2. The quantitative estimate of drug-likeness (QED) is 0.399. The van der Waals surface area contributed by atoms with Crippen LogP contribution in [0.4, 0.5) is 5.13 Å². The number of carbonyl (C=O) groups is 3. The topological polar surface area (TPSA) is 110 Å².